The maximum Gasteiger partial charge on any atom is 0.417 e. The van der Waals surface area contributed by atoms with Crippen LogP contribution < -0.4 is 0 Å². The first-order chi connectivity index (χ1) is 16.0. The third-order valence-electron chi connectivity index (χ3n) is 6.89. The molecule has 0 N–H and O–H groups in total. The third kappa shape index (κ3) is 5.75. The lowest BCUT2D eigenvalue weighted by Gasteiger charge is -2.42. The van der Waals surface area contributed by atoms with Crippen LogP contribution in [0.4, 0.5) is 26.3 Å². The summed E-state index contributed by atoms with van der Waals surface area (Å²) >= 11 is 0. The third-order valence-corrected chi connectivity index (χ3v) is 6.89. The van der Waals surface area contributed by atoms with Crippen LogP contribution in [0.15, 0.2) is 48.5 Å². The highest BCUT2D eigenvalue weighted by atomic mass is 19.4. The molecule has 1 unspecified atom stereocenters. The van der Waals surface area contributed by atoms with Crippen LogP contribution in [0.3, 0.4) is 0 Å². The highest BCUT2D eigenvalue weighted by Gasteiger charge is 2.47. The first kappa shape index (κ1) is 26.1. The lowest BCUT2D eigenvalue weighted by atomic mass is 9.60. The second-order valence-electron chi connectivity index (χ2n) is 8.92. The van der Waals surface area contributed by atoms with Gasteiger partial charge in [-0.1, -0.05) is 49.7 Å². The molecule has 184 valence electrons. The van der Waals surface area contributed by atoms with Crippen molar-refractivity contribution in [2.75, 3.05) is 13.1 Å². The molecule has 1 fully saturated rings. The Bertz CT molecular complexity index is 989. The van der Waals surface area contributed by atoms with E-state index >= 15 is 0 Å². The van der Waals surface area contributed by atoms with Gasteiger partial charge in [-0.25, -0.2) is 0 Å². The lowest BCUT2D eigenvalue weighted by Crippen LogP contribution is -2.39. The summed E-state index contributed by atoms with van der Waals surface area (Å²) in [5.74, 6) is -0.167. The minimum Gasteiger partial charge on any atom is -0.299 e. The number of hydrogen-bond donors (Lipinski definition) is 0. The van der Waals surface area contributed by atoms with Gasteiger partial charge >= 0.3 is 12.4 Å². The molecule has 1 aliphatic rings. The summed E-state index contributed by atoms with van der Waals surface area (Å²) in [6.07, 6.45) is -7.25. The van der Waals surface area contributed by atoms with Gasteiger partial charge in [-0.05, 0) is 68.0 Å². The molecule has 0 saturated heterocycles. The zero-order valence-electron chi connectivity index (χ0n) is 19.0. The molecule has 0 heterocycles. The van der Waals surface area contributed by atoms with Crippen molar-refractivity contribution in [1.29, 1.82) is 5.26 Å². The molecule has 0 amide bonds. The first-order valence-electron chi connectivity index (χ1n) is 11.5. The van der Waals surface area contributed by atoms with Crippen molar-refractivity contribution in [1.82, 2.24) is 4.90 Å². The summed E-state index contributed by atoms with van der Waals surface area (Å²) in [5, 5.41) is 10.2. The quantitative estimate of drug-likeness (QED) is 0.344. The van der Waals surface area contributed by atoms with Crippen molar-refractivity contribution < 1.29 is 26.3 Å². The summed E-state index contributed by atoms with van der Waals surface area (Å²) in [5.41, 5.74) is -3.52. The van der Waals surface area contributed by atoms with Gasteiger partial charge in [0.15, 0.2) is 0 Å². The topological polar surface area (TPSA) is 27.0 Å². The van der Waals surface area contributed by atoms with Gasteiger partial charge in [0, 0.05) is 6.54 Å². The monoisotopic (exact) mass is 482 g/mol. The Morgan fingerprint density at radius 3 is 2.09 bits per heavy atom. The van der Waals surface area contributed by atoms with Gasteiger partial charge in [-0.15, -0.1) is 0 Å². The van der Waals surface area contributed by atoms with Crippen LogP contribution in [0.25, 0.3) is 0 Å². The van der Waals surface area contributed by atoms with Gasteiger partial charge in [0.1, 0.15) is 0 Å². The molecule has 1 atom stereocenters. The number of halogens is 6. The van der Waals surface area contributed by atoms with E-state index in [9.17, 15) is 31.6 Å². The second kappa shape index (κ2) is 10.4. The molecule has 3 rings (SSSR count). The van der Waals surface area contributed by atoms with Crippen LogP contribution in [0.1, 0.15) is 61.3 Å². The van der Waals surface area contributed by atoms with Crippen LogP contribution in [0.5, 0.6) is 0 Å². The van der Waals surface area contributed by atoms with Gasteiger partial charge in [0.25, 0.3) is 0 Å². The Hall–Kier alpha value is -2.53. The highest BCUT2D eigenvalue weighted by molar-refractivity contribution is 5.43. The molecule has 0 spiro atoms. The Kier molecular flexibility index (Phi) is 7.97. The molecule has 0 bridgehead atoms. The van der Waals surface area contributed by atoms with E-state index in [1.807, 2.05) is 37.3 Å². The molecule has 34 heavy (non-hydrogen) atoms. The summed E-state index contributed by atoms with van der Waals surface area (Å²) in [4.78, 5) is 2.19. The van der Waals surface area contributed by atoms with Crippen LogP contribution in [0.2, 0.25) is 0 Å². The van der Waals surface area contributed by atoms with Gasteiger partial charge in [-0.2, -0.15) is 31.6 Å². The highest BCUT2D eigenvalue weighted by Crippen LogP contribution is 2.49. The lowest BCUT2D eigenvalue weighted by molar-refractivity contribution is -0.162. The van der Waals surface area contributed by atoms with Crippen molar-refractivity contribution in [2.24, 2.45) is 5.92 Å². The van der Waals surface area contributed by atoms with E-state index in [-0.39, 0.29) is 11.5 Å². The van der Waals surface area contributed by atoms with Crippen LogP contribution in [-0.2, 0) is 24.3 Å². The fraction of sp³-hybridized carbons (Fsp3) is 0.500. The number of hydrogen-bond acceptors (Lipinski definition) is 2. The van der Waals surface area contributed by atoms with E-state index in [0.29, 0.717) is 50.9 Å². The predicted molar refractivity (Wildman–Crippen MR) is 118 cm³/mol. The summed E-state index contributed by atoms with van der Waals surface area (Å²) < 4.78 is 80.5. The van der Waals surface area contributed by atoms with Crippen molar-refractivity contribution in [3.05, 3.63) is 70.8 Å². The molecule has 0 radical (unpaired) electrons. The number of nitriles is 1. The molecule has 2 aromatic rings. The Labute approximate surface area is 196 Å². The molecule has 0 aliphatic heterocycles. The van der Waals surface area contributed by atoms with Gasteiger partial charge in [-0.3, -0.25) is 4.90 Å². The van der Waals surface area contributed by atoms with Crippen LogP contribution in [0, 0.1) is 17.2 Å². The number of alkyl halides is 6. The van der Waals surface area contributed by atoms with E-state index in [1.165, 1.54) is 0 Å². The van der Waals surface area contributed by atoms with E-state index in [2.05, 4.69) is 11.0 Å². The fourth-order valence-corrected chi connectivity index (χ4v) is 4.77. The zero-order chi connectivity index (χ0) is 25.0. The number of rotatable bonds is 9. The standard InChI is InChI=1S/C26H28F6N2/c1-2-34(17-19-8-4-3-5-9-19)15-7-14-24(18-33,20-10-6-11-20)21-12-13-22(25(27,28)29)23(16-21)26(30,31)32/h3-5,8-9,12-13,16,20H,2,6-7,10-11,14-15,17H2,1H3. The molecule has 0 aromatic heterocycles. The molecular formula is C26H28F6N2. The molecule has 2 nitrogen and oxygen atoms in total. The maximum absolute atomic E-state index is 13.6. The van der Waals surface area contributed by atoms with E-state index in [4.69, 9.17) is 0 Å². The average Bonchev–Trinajstić information content (AvgIpc) is 2.75. The number of benzene rings is 2. The van der Waals surface area contributed by atoms with Gasteiger partial charge in [0.2, 0.25) is 0 Å². The Morgan fingerprint density at radius 1 is 0.941 bits per heavy atom. The van der Waals surface area contributed by atoms with E-state index in [1.54, 1.807) is 0 Å². The van der Waals surface area contributed by atoms with Crippen molar-refractivity contribution >= 4 is 0 Å². The SMILES string of the molecule is CCN(CCCC(C#N)(c1ccc(C(F)(F)F)c(C(F)(F)F)c1)C1CCC1)Cc1ccccc1. The normalized spacial score (nSPS) is 16.7. The molecule has 1 saturated carbocycles. The number of nitrogens with zero attached hydrogens (tertiary/aromatic N) is 2. The fourth-order valence-electron chi connectivity index (χ4n) is 4.77. The van der Waals surface area contributed by atoms with E-state index in [0.717, 1.165) is 24.6 Å². The van der Waals surface area contributed by atoms with Crippen molar-refractivity contribution in [3.63, 3.8) is 0 Å². The van der Waals surface area contributed by atoms with Gasteiger partial charge in [0.05, 0.1) is 22.6 Å². The summed E-state index contributed by atoms with van der Waals surface area (Å²) in [6, 6.07) is 14.2. The minimum absolute atomic E-state index is 0.0335. The van der Waals surface area contributed by atoms with Crippen LogP contribution in [-0.4, -0.2) is 18.0 Å². The summed E-state index contributed by atoms with van der Waals surface area (Å²) in [7, 11) is 0. The molecular weight excluding hydrogens is 454 g/mol. The largest absolute Gasteiger partial charge is 0.417 e. The smallest absolute Gasteiger partial charge is 0.299 e. The Morgan fingerprint density at radius 2 is 1.59 bits per heavy atom. The zero-order valence-corrected chi connectivity index (χ0v) is 19.0. The van der Waals surface area contributed by atoms with Crippen molar-refractivity contribution in [3.8, 4) is 6.07 Å². The van der Waals surface area contributed by atoms with Crippen molar-refractivity contribution in [2.45, 2.75) is 63.3 Å². The van der Waals surface area contributed by atoms with E-state index < -0.39 is 28.9 Å². The summed E-state index contributed by atoms with van der Waals surface area (Å²) in [6.45, 7) is 4.11. The predicted octanol–water partition coefficient (Wildman–Crippen LogP) is 7.59. The average molecular weight is 483 g/mol. The Balaban J connectivity index is 1.87. The second-order valence-corrected chi connectivity index (χ2v) is 8.92. The molecule has 2 aromatic carbocycles. The first-order valence-corrected chi connectivity index (χ1v) is 11.5. The maximum atomic E-state index is 13.6. The molecule has 1 aliphatic carbocycles. The minimum atomic E-state index is -5.17. The van der Waals surface area contributed by atoms with Crippen LogP contribution >= 0.6 is 0 Å². The van der Waals surface area contributed by atoms with Gasteiger partial charge < -0.3 is 0 Å². The molecule has 8 heteroatoms.